The van der Waals surface area contributed by atoms with E-state index in [0.29, 0.717) is 45.9 Å². The van der Waals surface area contributed by atoms with E-state index in [0.717, 1.165) is 6.07 Å². The summed E-state index contributed by atoms with van der Waals surface area (Å²) in [6.07, 6.45) is 3.22. The van der Waals surface area contributed by atoms with Crippen molar-refractivity contribution in [2.24, 2.45) is 5.73 Å². The number of benzene rings is 2. The number of halogens is 2. The van der Waals surface area contributed by atoms with Crippen LogP contribution in [-0.4, -0.2) is 12.3 Å². The van der Waals surface area contributed by atoms with Crippen LogP contribution in [0.2, 0.25) is 0 Å². The number of nitrogens with one attached hydrogen (secondary N) is 2. The van der Waals surface area contributed by atoms with E-state index in [2.05, 4.69) is 18.5 Å². The van der Waals surface area contributed by atoms with Gasteiger partial charge >= 0.3 is 0 Å². The van der Waals surface area contributed by atoms with E-state index in [1.165, 1.54) is 18.2 Å². The largest absolute Gasteiger partial charge is 0.398 e. The van der Waals surface area contributed by atoms with Gasteiger partial charge in [0.2, 0.25) is 0 Å². The normalized spacial score (nSPS) is 11.2. The van der Waals surface area contributed by atoms with Crippen molar-refractivity contribution in [1.29, 1.82) is 5.41 Å². The van der Waals surface area contributed by atoms with Crippen LogP contribution in [0.1, 0.15) is 29.2 Å². The predicted octanol–water partition coefficient (Wildman–Crippen LogP) is 4.11. The molecule has 28 heavy (non-hydrogen) atoms. The Labute approximate surface area is 163 Å². The Balaban J connectivity index is 2.49. The number of hydrogen-bond donors (Lipinski definition) is 4. The molecule has 0 heterocycles. The summed E-state index contributed by atoms with van der Waals surface area (Å²) in [5, 5.41) is 11.4. The Morgan fingerprint density at radius 3 is 2.54 bits per heavy atom. The summed E-state index contributed by atoms with van der Waals surface area (Å²) < 4.78 is 27.3. The molecule has 4 nitrogen and oxygen atoms in total. The van der Waals surface area contributed by atoms with Gasteiger partial charge in [0, 0.05) is 30.3 Å². The van der Waals surface area contributed by atoms with Crippen LogP contribution in [0.15, 0.2) is 61.0 Å². The smallest absolute Gasteiger partial charge is 0.129 e. The average molecular weight is 382 g/mol. The predicted molar refractivity (Wildman–Crippen MR) is 112 cm³/mol. The van der Waals surface area contributed by atoms with E-state index in [9.17, 15) is 8.78 Å². The van der Waals surface area contributed by atoms with E-state index in [-0.39, 0.29) is 12.1 Å². The molecule has 0 aromatic heterocycles. The number of likely N-dealkylation sites (N-methyl/N-ethyl adjacent to an activating group) is 1. The van der Waals surface area contributed by atoms with Gasteiger partial charge in [-0.05, 0) is 47.9 Å². The number of nitrogen functional groups attached to an aromatic ring is 1. The van der Waals surface area contributed by atoms with Gasteiger partial charge < -0.3 is 22.2 Å². The van der Waals surface area contributed by atoms with Crippen LogP contribution in [0.25, 0.3) is 6.08 Å². The Morgan fingerprint density at radius 1 is 1.21 bits per heavy atom. The Bertz CT molecular complexity index is 961. The van der Waals surface area contributed by atoms with Crippen molar-refractivity contribution in [2.45, 2.75) is 13.3 Å². The Morgan fingerprint density at radius 2 is 1.93 bits per heavy atom. The lowest BCUT2D eigenvalue weighted by molar-refractivity contribution is 0.574. The number of rotatable bonds is 8. The number of nitrogens with two attached hydrogens (primary N) is 2. The van der Waals surface area contributed by atoms with Crippen LogP contribution in [0, 0.1) is 17.0 Å². The monoisotopic (exact) mass is 382 g/mol. The maximum Gasteiger partial charge on any atom is 0.129 e. The SMILES string of the molecule is C=Cc1cc(Cc2ccc(F)cc2F)c(C(=N)/C=C(/N)C(=C)NCC)cc1N. The molecule has 0 aliphatic rings. The molecular formula is C22H24F2N4. The van der Waals surface area contributed by atoms with Crippen molar-refractivity contribution in [3.05, 3.63) is 94.8 Å². The first-order valence-electron chi connectivity index (χ1n) is 8.74. The topological polar surface area (TPSA) is 87.9 Å². The second-order valence-corrected chi connectivity index (χ2v) is 6.28. The molecule has 6 heteroatoms. The molecule has 0 atom stereocenters. The Kier molecular flexibility index (Phi) is 6.71. The number of hydrogen-bond acceptors (Lipinski definition) is 4. The van der Waals surface area contributed by atoms with Crippen molar-refractivity contribution in [2.75, 3.05) is 12.3 Å². The van der Waals surface area contributed by atoms with Crippen LogP contribution in [0.3, 0.4) is 0 Å². The summed E-state index contributed by atoms with van der Waals surface area (Å²) in [7, 11) is 0. The van der Waals surface area contributed by atoms with E-state index < -0.39 is 11.6 Å². The quantitative estimate of drug-likeness (QED) is 0.315. The van der Waals surface area contributed by atoms with Gasteiger partial charge in [-0.1, -0.05) is 25.3 Å². The number of anilines is 1. The van der Waals surface area contributed by atoms with Gasteiger partial charge in [0.15, 0.2) is 0 Å². The van der Waals surface area contributed by atoms with Gasteiger partial charge in [-0.2, -0.15) is 0 Å². The first-order valence-corrected chi connectivity index (χ1v) is 8.74. The van der Waals surface area contributed by atoms with Gasteiger partial charge in [-0.3, -0.25) is 0 Å². The summed E-state index contributed by atoms with van der Waals surface area (Å²) >= 11 is 0. The molecule has 0 amide bonds. The molecule has 0 unspecified atom stereocenters. The lowest BCUT2D eigenvalue weighted by atomic mass is 9.93. The number of allylic oxidation sites excluding steroid dienone is 1. The van der Waals surface area contributed by atoms with Crippen molar-refractivity contribution in [1.82, 2.24) is 5.32 Å². The van der Waals surface area contributed by atoms with Gasteiger partial charge in [0.1, 0.15) is 11.6 Å². The molecule has 0 bridgehead atoms. The molecule has 2 aromatic carbocycles. The van der Waals surface area contributed by atoms with Crippen LogP contribution >= 0.6 is 0 Å². The average Bonchev–Trinajstić information content (AvgIpc) is 2.64. The molecule has 146 valence electrons. The van der Waals surface area contributed by atoms with Gasteiger partial charge in [-0.15, -0.1) is 0 Å². The summed E-state index contributed by atoms with van der Waals surface area (Å²) in [6, 6.07) is 6.81. The van der Waals surface area contributed by atoms with E-state index in [4.69, 9.17) is 16.9 Å². The van der Waals surface area contributed by atoms with Crippen LogP contribution in [0.4, 0.5) is 14.5 Å². The molecule has 0 radical (unpaired) electrons. The van der Waals surface area contributed by atoms with Gasteiger partial charge in [0.25, 0.3) is 0 Å². The van der Waals surface area contributed by atoms with Gasteiger partial charge in [0.05, 0.1) is 17.1 Å². The highest BCUT2D eigenvalue weighted by Crippen LogP contribution is 2.25. The highest BCUT2D eigenvalue weighted by atomic mass is 19.1. The van der Waals surface area contributed by atoms with Gasteiger partial charge in [-0.25, -0.2) is 8.78 Å². The maximum absolute atomic E-state index is 14.1. The fraction of sp³-hybridized carbons (Fsp3) is 0.136. The summed E-state index contributed by atoms with van der Waals surface area (Å²) in [6.45, 7) is 10.1. The zero-order chi connectivity index (χ0) is 20.8. The minimum Gasteiger partial charge on any atom is -0.398 e. The second-order valence-electron chi connectivity index (χ2n) is 6.28. The van der Waals surface area contributed by atoms with Crippen molar-refractivity contribution >= 4 is 17.5 Å². The molecule has 0 aliphatic carbocycles. The molecule has 2 aromatic rings. The van der Waals surface area contributed by atoms with Crippen molar-refractivity contribution < 1.29 is 8.78 Å². The summed E-state index contributed by atoms with van der Waals surface area (Å²) in [4.78, 5) is 0. The molecule has 0 spiro atoms. The van der Waals surface area contributed by atoms with Crippen molar-refractivity contribution in [3.8, 4) is 0 Å². The highest BCUT2D eigenvalue weighted by molar-refractivity contribution is 6.09. The molecular weight excluding hydrogens is 358 g/mol. The Hall–Kier alpha value is -3.41. The van der Waals surface area contributed by atoms with Crippen LogP contribution in [0.5, 0.6) is 0 Å². The minimum absolute atomic E-state index is 0.108. The van der Waals surface area contributed by atoms with E-state index in [1.807, 2.05) is 6.92 Å². The molecule has 0 aliphatic heterocycles. The fourth-order valence-corrected chi connectivity index (χ4v) is 2.76. The zero-order valence-electron chi connectivity index (χ0n) is 15.8. The summed E-state index contributed by atoms with van der Waals surface area (Å²) in [5.41, 5.74) is 15.5. The van der Waals surface area contributed by atoms with E-state index >= 15 is 0 Å². The standard InChI is InChI=1S/C22H24F2N4/c1-4-14-8-16(9-15-6-7-17(23)10-19(15)24)18(11-21(14)26)22(27)12-20(25)13(3)28-5-2/h4,6-8,10-12,27-28H,1,3,5,9,25-26H2,2H3/b20-12+,27-22?. The maximum atomic E-state index is 14.1. The first-order chi connectivity index (χ1) is 13.3. The second kappa shape index (κ2) is 8.99. The fourth-order valence-electron chi connectivity index (χ4n) is 2.76. The minimum atomic E-state index is -0.648. The third kappa shape index (κ3) is 4.85. The molecule has 2 rings (SSSR count). The molecule has 0 fully saturated rings. The highest BCUT2D eigenvalue weighted by Gasteiger charge is 2.14. The summed E-state index contributed by atoms with van der Waals surface area (Å²) in [5.74, 6) is -1.29. The lowest BCUT2D eigenvalue weighted by Gasteiger charge is -2.14. The van der Waals surface area contributed by atoms with Crippen LogP contribution < -0.4 is 16.8 Å². The van der Waals surface area contributed by atoms with E-state index in [1.54, 1.807) is 18.2 Å². The zero-order valence-corrected chi connectivity index (χ0v) is 15.8. The molecule has 0 saturated carbocycles. The third-order valence-electron chi connectivity index (χ3n) is 4.25. The molecule has 0 saturated heterocycles. The molecule has 6 N–H and O–H groups in total. The third-order valence-corrected chi connectivity index (χ3v) is 4.25. The lowest BCUT2D eigenvalue weighted by Crippen LogP contribution is -2.18. The van der Waals surface area contributed by atoms with Crippen molar-refractivity contribution in [3.63, 3.8) is 0 Å². The van der Waals surface area contributed by atoms with Crippen LogP contribution in [-0.2, 0) is 6.42 Å². The first kappa shape index (κ1) is 20.9.